The second kappa shape index (κ2) is 8.42. The molecule has 2 heterocycles. The van der Waals surface area contributed by atoms with Gasteiger partial charge in [-0.3, -0.25) is 9.69 Å². The molecule has 2 saturated heterocycles. The molecule has 0 spiro atoms. The fourth-order valence-electron chi connectivity index (χ4n) is 4.06. The van der Waals surface area contributed by atoms with Gasteiger partial charge < -0.3 is 4.90 Å². The number of nitrogens with zero attached hydrogens (tertiary/aromatic N) is 2. The van der Waals surface area contributed by atoms with Gasteiger partial charge in [0.05, 0.1) is 5.56 Å². The fourth-order valence-corrected chi connectivity index (χ4v) is 4.06. The van der Waals surface area contributed by atoms with Crippen molar-refractivity contribution in [3.05, 3.63) is 35.4 Å². The van der Waals surface area contributed by atoms with Crippen molar-refractivity contribution in [2.24, 2.45) is 5.92 Å². The van der Waals surface area contributed by atoms with Crippen LogP contribution in [0.3, 0.4) is 0 Å². The number of benzene rings is 1. The Kier molecular flexibility index (Phi) is 6.22. The van der Waals surface area contributed by atoms with Gasteiger partial charge in [-0.15, -0.1) is 0 Å². The van der Waals surface area contributed by atoms with E-state index in [0.717, 1.165) is 44.8 Å². The van der Waals surface area contributed by atoms with Gasteiger partial charge in [-0.1, -0.05) is 31.0 Å². The minimum atomic E-state index is -4.32. The van der Waals surface area contributed by atoms with E-state index in [1.807, 2.05) is 9.80 Å². The van der Waals surface area contributed by atoms with Crippen LogP contribution in [0.1, 0.15) is 49.7 Å². The molecule has 6 heteroatoms. The second-order valence-electron chi connectivity index (χ2n) is 7.44. The van der Waals surface area contributed by atoms with Crippen LogP contribution in [-0.2, 0) is 17.5 Å². The van der Waals surface area contributed by atoms with Crippen LogP contribution in [0.25, 0.3) is 0 Å². The molecule has 1 amide bonds. The Labute approximate surface area is 153 Å². The Bertz CT molecular complexity index is 601. The van der Waals surface area contributed by atoms with E-state index < -0.39 is 11.7 Å². The highest BCUT2D eigenvalue weighted by molar-refractivity contribution is 5.79. The van der Waals surface area contributed by atoms with E-state index in [1.165, 1.54) is 18.9 Å². The fraction of sp³-hybridized carbons (Fsp3) is 0.650. The number of hydrogen-bond donors (Lipinski definition) is 0. The van der Waals surface area contributed by atoms with E-state index >= 15 is 0 Å². The van der Waals surface area contributed by atoms with Gasteiger partial charge in [-0.2, -0.15) is 13.2 Å². The van der Waals surface area contributed by atoms with Gasteiger partial charge in [-0.05, 0) is 50.4 Å². The minimum absolute atomic E-state index is 0.0298. The summed E-state index contributed by atoms with van der Waals surface area (Å²) >= 11 is 0. The number of amides is 1. The lowest BCUT2D eigenvalue weighted by atomic mass is 9.94. The maximum atomic E-state index is 13.1. The van der Waals surface area contributed by atoms with Crippen LogP contribution in [0.2, 0.25) is 0 Å². The number of halogens is 3. The standard InChI is InChI=1S/C20H27F3N2O/c21-20(22,23)18-8-4-3-7-17(18)15-24-13-9-16(10-14-24)19(26)25-11-5-1-2-6-12-25/h3-4,7-8,16H,1-2,5-6,9-15H2. The first kappa shape index (κ1) is 19.2. The molecule has 0 bridgehead atoms. The van der Waals surface area contributed by atoms with Gasteiger partial charge in [0.2, 0.25) is 5.91 Å². The highest BCUT2D eigenvalue weighted by atomic mass is 19.4. The summed E-state index contributed by atoms with van der Waals surface area (Å²) in [5, 5.41) is 0. The summed E-state index contributed by atoms with van der Waals surface area (Å²) in [6.07, 6.45) is 1.71. The largest absolute Gasteiger partial charge is 0.416 e. The summed E-state index contributed by atoms with van der Waals surface area (Å²) in [5.41, 5.74) is -0.236. The minimum Gasteiger partial charge on any atom is -0.342 e. The molecule has 0 radical (unpaired) electrons. The van der Waals surface area contributed by atoms with Gasteiger partial charge in [0.1, 0.15) is 0 Å². The molecule has 0 aromatic heterocycles. The summed E-state index contributed by atoms with van der Waals surface area (Å²) in [5.74, 6) is 0.282. The molecule has 1 aromatic carbocycles. The summed E-state index contributed by atoms with van der Waals surface area (Å²) < 4.78 is 39.4. The number of carbonyl (C=O) groups excluding carboxylic acids is 1. The third-order valence-electron chi connectivity index (χ3n) is 5.57. The SMILES string of the molecule is O=C(C1CCN(Cc2ccccc2C(F)(F)F)CC1)N1CCCCCC1. The second-order valence-corrected chi connectivity index (χ2v) is 7.44. The molecular weight excluding hydrogens is 341 g/mol. The molecule has 0 saturated carbocycles. The van der Waals surface area contributed by atoms with E-state index in [1.54, 1.807) is 12.1 Å². The van der Waals surface area contributed by atoms with Crippen molar-refractivity contribution in [3.8, 4) is 0 Å². The molecule has 144 valence electrons. The molecule has 3 rings (SSSR count). The average Bonchev–Trinajstić information content (AvgIpc) is 2.91. The van der Waals surface area contributed by atoms with Crippen LogP contribution < -0.4 is 0 Å². The zero-order valence-electron chi connectivity index (χ0n) is 15.1. The summed E-state index contributed by atoms with van der Waals surface area (Å²) in [7, 11) is 0. The molecule has 0 unspecified atom stereocenters. The van der Waals surface area contributed by atoms with Gasteiger partial charge >= 0.3 is 6.18 Å². The monoisotopic (exact) mass is 368 g/mol. The Balaban J connectivity index is 1.55. The van der Waals surface area contributed by atoms with Crippen molar-refractivity contribution in [3.63, 3.8) is 0 Å². The molecule has 0 N–H and O–H groups in total. The number of alkyl halides is 3. The van der Waals surface area contributed by atoms with Gasteiger partial charge in [-0.25, -0.2) is 0 Å². The van der Waals surface area contributed by atoms with Crippen LogP contribution in [0, 0.1) is 5.92 Å². The zero-order chi connectivity index (χ0) is 18.6. The smallest absolute Gasteiger partial charge is 0.342 e. The van der Waals surface area contributed by atoms with Crippen molar-refractivity contribution in [2.75, 3.05) is 26.2 Å². The summed E-state index contributed by atoms with van der Waals surface area (Å²) in [6.45, 7) is 3.36. The Morgan fingerprint density at radius 3 is 2.19 bits per heavy atom. The number of piperidine rings is 1. The van der Waals surface area contributed by atoms with E-state index in [-0.39, 0.29) is 11.8 Å². The first-order chi connectivity index (χ1) is 12.4. The highest BCUT2D eigenvalue weighted by Gasteiger charge is 2.34. The Morgan fingerprint density at radius 2 is 1.58 bits per heavy atom. The molecule has 26 heavy (non-hydrogen) atoms. The molecule has 3 nitrogen and oxygen atoms in total. The predicted molar refractivity (Wildman–Crippen MR) is 94.5 cm³/mol. The quantitative estimate of drug-likeness (QED) is 0.793. The van der Waals surface area contributed by atoms with Crippen molar-refractivity contribution in [1.82, 2.24) is 9.80 Å². The van der Waals surface area contributed by atoms with Crippen molar-refractivity contribution >= 4 is 5.91 Å². The van der Waals surface area contributed by atoms with Crippen molar-refractivity contribution in [2.45, 2.75) is 51.2 Å². The first-order valence-electron chi connectivity index (χ1n) is 9.61. The number of hydrogen-bond acceptors (Lipinski definition) is 2. The lowest BCUT2D eigenvalue weighted by Crippen LogP contribution is -2.42. The molecular formula is C20H27F3N2O. The Morgan fingerprint density at radius 1 is 0.962 bits per heavy atom. The molecule has 0 aliphatic carbocycles. The summed E-state index contributed by atoms with van der Waals surface area (Å²) in [4.78, 5) is 16.8. The van der Waals surface area contributed by atoms with Gasteiger partial charge in [0.15, 0.2) is 0 Å². The molecule has 2 aliphatic heterocycles. The lowest BCUT2D eigenvalue weighted by molar-refractivity contribution is -0.138. The number of likely N-dealkylation sites (tertiary alicyclic amines) is 2. The number of rotatable bonds is 3. The average molecular weight is 368 g/mol. The molecule has 0 atom stereocenters. The first-order valence-corrected chi connectivity index (χ1v) is 9.61. The predicted octanol–water partition coefficient (Wildman–Crippen LogP) is 4.32. The van der Waals surface area contributed by atoms with Crippen molar-refractivity contribution < 1.29 is 18.0 Å². The summed E-state index contributed by atoms with van der Waals surface area (Å²) in [6, 6.07) is 5.78. The normalized spacial score (nSPS) is 20.8. The maximum absolute atomic E-state index is 13.1. The van der Waals surface area contributed by atoms with Gasteiger partial charge in [0, 0.05) is 25.6 Å². The zero-order valence-corrected chi connectivity index (χ0v) is 15.1. The van der Waals surface area contributed by atoms with Gasteiger partial charge in [0.25, 0.3) is 0 Å². The van der Waals surface area contributed by atoms with Crippen LogP contribution in [0.4, 0.5) is 13.2 Å². The third kappa shape index (κ3) is 4.78. The van der Waals surface area contributed by atoms with E-state index in [2.05, 4.69) is 0 Å². The third-order valence-corrected chi connectivity index (χ3v) is 5.57. The van der Waals surface area contributed by atoms with Crippen LogP contribution >= 0.6 is 0 Å². The number of carbonyl (C=O) groups is 1. The van der Waals surface area contributed by atoms with Crippen molar-refractivity contribution in [1.29, 1.82) is 0 Å². The molecule has 2 aliphatic rings. The maximum Gasteiger partial charge on any atom is 0.416 e. The van der Waals surface area contributed by atoms with Crippen LogP contribution in [0.5, 0.6) is 0 Å². The Hall–Kier alpha value is -1.56. The van der Waals surface area contributed by atoms with Crippen LogP contribution in [-0.4, -0.2) is 41.9 Å². The molecule has 1 aromatic rings. The highest BCUT2D eigenvalue weighted by Crippen LogP contribution is 2.33. The van der Waals surface area contributed by atoms with Crippen LogP contribution in [0.15, 0.2) is 24.3 Å². The van der Waals surface area contributed by atoms with E-state index in [9.17, 15) is 18.0 Å². The van der Waals surface area contributed by atoms with E-state index in [0.29, 0.717) is 25.2 Å². The topological polar surface area (TPSA) is 23.6 Å². The van der Waals surface area contributed by atoms with E-state index in [4.69, 9.17) is 0 Å². The lowest BCUT2D eigenvalue weighted by Gasteiger charge is -2.34. The molecule has 2 fully saturated rings.